The summed E-state index contributed by atoms with van der Waals surface area (Å²) in [5, 5.41) is 6.62. The van der Waals surface area contributed by atoms with E-state index >= 15 is 0 Å². The molecule has 0 aliphatic carbocycles. The average Bonchev–Trinajstić information content (AvgIpc) is 3.08. The summed E-state index contributed by atoms with van der Waals surface area (Å²) in [5.74, 6) is -0.295. The number of para-hydroxylation sites is 2. The quantitative estimate of drug-likeness (QED) is 0.697. The molecule has 2 aromatic carbocycles. The van der Waals surface area contributed by atoms with E-state index in [1.165, 1.54) is 30.1 Å². The molecule has 26 heavy (non-hydrogen) atoms. The van der Waals surface area contributed by atoms with Gasteiger partial charge in [-0.2, -0.15) is 13.5 Å². The molecule has 0 atom stereocenters. The van der Waals surface area contributed by atoms with E-state index in [0.717, 1.165) is 11.3 Å². The molecule has 0 aliphatic rings. The number of carbonyl (C=O) groups excluding carboxylic acids is 1. The number of carbonyl (C=O) groups is 1. The van der Waals surface area contributed by atoms with E-state index in [0.29, 0.717) is 0 Å². The fourth-order valence-electron chi connectivity index (χ4n) is 2.27. The normalized spacial score (nSPS) is 11.2. The number of benzene rings is 2. The molecule has 0 unspecified atom stereocenters. The Hall–Kier alpha value is -3.13. The molecule has 0 aliphatic heterocycles. The molecule has 134 valence electrons. The fourth-order valence-corrected chi connectivity index (χ4v) is 3.16. The Morgan fingerprint density at radius 2 is 1.81 bits per heavy atom. The first-order valence-corrected chi connectivity index (χ1v) is 9.19. The first kappa shape index (κ1) is 17.7. The van der Waals surface area contributed by atoms with Gasteiger partial charge in [0.15, 0.2) is 5.75 Å². The van der Waals surface area contributed by atoms with E-state index in [-0.39, 0.29) is 22.2 Å². The predicted molar refractivity (Wildman–Crippen MR) is 96.9 cm³/mol. The van der Waals surface area contributed by atoms with Gasteiger partial charge in [-0.1, -0.05) is 29.8 Å². The maximum Gasteiger partial charge on any atom is 0.342 e. The molecule has 1 heterocycles. The summed E-state index contributed by atoms with van der Waals surface area (Å²) in [7, 11) is -4.10. The lowest BCUT2D eigenvalue weighted by atomic mass is 10.2. The highest BCUT2D eigenvalue weighted by Gasteiger charge is 2.21. The van der Waals surface area contributed by atoms with Crippen LogP contribution in [0.4, 0.5) is 5.69 Å². The van der Waals surface area contributed by atoms with Crippen molar-refractivity contribution in [1.82, 2.24) is 9.78 Å². The number of hydrogen-bond acceptors (Lipinski definition) is 5. The van der Waals surface area contributed by atoms with E-state index in [4.69, 9.17) is 4.18 Å². The number of aromatic nitrogens is 2. The Balaban J connectivity index is 1.88. The van der Waals surface area contributed by atoms with Crippen LogP contribution in [0, 0.1) is 6.92 Å². The van der Waals surface area contributed by atoms with Gasteiger partial charge in [-0.05, 0) is 31.2 Å². The minimum Gasteiger partial charge on any atom is -0.377 e. The van der Waals surface area contributed by atoms with Crippen molar-refractivity contribution in [3.63, 3.8) is 0 Å². The molecule has 3 aromatic rings. The van der Waals surface area contributed by atoms with Gasteiger partial charge in [0.2, 0.25) is 5.91 Å². The van der Waals surface area contributed by atoms with Crippen molar-refractivity contribution in [1.29, 1.82) is 0 Å². The van der Waals surface area contributed by atoms with Crippen molar-refractivity contribution in [3.8, 4) is 11.4 Å². The second-order valence-electron chi connectivity index (χ2n) is 5.67. The zero-order valence-electron chi connectivity index (χ0n) is 14.2. The van der Waals surface area contributed by atoms with E-state index in [9.17, 15) is 13.2 Å². The third-order valence-corrected chi connectivity index (χ3v) is 4.73. The van der Waals surface area contributed by atoms with Gasteiger partial charge in [-0.25, -0.2) is 4.68 Å². The van der Waals surface area contributed by atoms with Crippen LogP contribution >= 0.6 is 0 Å². The monoisotopic (exact) mass is 371 g/mol. The summed E-state index contributed by atoms with van der Waals surface area (Å²) in [6.07, 6.45) is 2.59. The summed E-state index contributed by atoms with van der Waals surface area (Å²) in [5.41, 5.74) is 2.09. The van der Waals surface area contributed by atoms with Crippen molar-refractivity contribution in [3.05, 3.63) is 66.5 Å². The number of nitrogens with one attached hydrogen (secondary N) is 1. The van der Waals surface area contributed by atoms with E-state index in [1.54, 1.807) is 18.2 Å². The molecule has 7 nitrogen and oxygen atoms in total. The Kier molecular flexibility index (Phi) is 4.77. The number of hydrogen-bond donors (Lipinski definition) is 1. The van der Waals surface area contributed by atoms with Gasteiger partial charge in [0.1, 0.15) is 4.90 Å². The van der Waals surface area contributed by atoms with Gasteiger partial charge in [0.05, 0.1) is 23.8 Å². The zero-order valence-corrected chi connectivity index (χ0v) is 15.0. The lowest BCUT2D eigenvalue weighted by Gasteiger charge is -2.10. The topological polar surface area (TPSA) is 90.3 Å². The SMILES string of the molecule is CC(=O)Nc1ccccc1OS(=O)(=O)c1cnn(-c2ccc(C)cc2)c1. The maximum absolute atomic E-state index is 12.6. The second-order valence-corrected chi connectivity index (χ2v) is 7.22. The molecule has 0 radical (unpaired) electrons. The average molecular weight is 371 g/mol. The number of nitrogens with zero attached hydrogens (tertiary/aromatic N) is 2. The van der Waals surface area contributed by atoms with Gasteiger partial charge in [0, 0.05) is 6.92 Å². The third-order valence-electron chi connectivity index (χ3n) is 3.54. The molecule has 1 amide bonds. The van der Waals surface area contributed by atoms with Crippen LogP contribution in [0.2, 0.25) is 0 Å². The molecule has 0 saturated heterocycles. The maximum atomic E-state index is 12.6. The Labute approximate surface area is 151 Å². The zero-order chi connectivity index (χ0) is 18.7. The van der Waals surface area contributed by atoms with E-state index < -0.39 is 10.1 Å². The van der Waals surface area contributed by atoms with Gasteiger partial charge in [0.25, 0.3) is 0 Å². The predicted octanol–water partition coefficient (Wildman–Crippen LogP) is 2.91. The van der Waals surface area contributed by atoms with Crippen LogP contribution < -0.4 is 9.50 Å². The molecular weight excluding hydrogens is 354 g/mol. The molecule has 1 aromatic heterocycles. The highest BCUT2D eigenvalue weighted by molar-refractivity contribution is 7.87. The lowest BCUT2D eigenvalue weighted by Crippen LogP contribution is -2.12. The number of aryl methyl sites for hydroxylation is 1. The first-order chi connectivity index (χ1) is 12.3. The largest absolute Gasteiger partial charge is 0.377 e. The minimum absolute atomic E-state index is 0.0331. The van der Waals surface area contributed by atoms with Crippen LogP contribution in [-0.4, -0.2) is 24.1 Å². The summed E-state index contributed by atoms with van der Waals surface area (Å²) < 4.78 is 31.7. The number of anilines is 1. The highest BCUT2D eigenvalue weighted by atomic mass is 32.2. The highest BCUT2D eigenvalue weighted by Crippen LogP contribution is 2.27. The van der Waals surface area contributed by atoms with Crippen molar-refractivity contribution in [2.75, 3.05) is 5.32 Å². The smallest absolute Gasteiger partial charge is 0.342 e. The summed E-state index contributed by atoms with van der Waals surface area (Å²) in [6, 6.07) is 13.8. The van der Waals surface area contributed by atoms with Crippen LogP contribution in [-0.2, 0) is 14.9 Å². The van der Waals surface area contributed by atoms with Crippen LogP contribution in [0.15, 0.2) is 65.8 Å². The summed E-state index contributed by atoms with van der Waals surface area (Å²) in [6.45, 7) is 3.29. The number of rotatable bonds is 5. The minimum atomic E-state index is -4.10. The van der Waals surface area contributed by atoms with Gasteiger partial charge in [-0.3, -0.25) is 4.79 Å². The molecule has 1 N–H and O–H groups in total. The molecule has 8 heteroatoms. The summed E-state index contributed by atoms with van der Waals surface area (Å²) in [4.78, 5) is 11.2. The second kappa shape index (κ2) is 7.01. The van der Waals surface area contributed by atoms with Gasteiger partial charge < -0.3 is 9.50 Å². The molecule has 0 saturated carbocycles. The Morgan fingerprint density at radius 1 is 1.12 bits per heavy atom. The molecular formula is C18H17N3O4S. The van der Waals surface area contributed by atoms with Crippen LogP contribution in [0.25, 0.3) is 5.69 Å². The van der Waals surface area contributed by atoms with Gasteiger partial charge >= 0.3 is 10.1 Å². The Bertz CT molecular complexity index is 1040. The van der Waals surface area contributed by atoms with Crippen LogP contribution in [0.3, 0.4) is 0 Å². The van der Waals surface area contributed by atoms with Gasteiger partial charge in [-0.15, -0.1) is 0 Å². The fraction of sp³-hybridized carbons (Fsp3) is 0.111. The van der Waals surface area contributed by atoms with E-state index in [1.807, 2.05) is 31.2 Å². The van der Waals surface area contributed by atoms with E-state index in [2.05, 4.69) is 10.4 Å². The first-order valence-electron chi connectivity index (χ1n) is 7.78. The lowest BCUT2D eigenvalue weighted by molar-refractivity contribution is -0.114. The standard InChI is InChI=1S/C18H17N3O4S/c1-13-7-9-15(10-8-13)21-12-16(11-19-21)26(23,24)25-18-6-4-3-5-17(18)20-14(2)22/h3-12H,1-2H3,(H,20,22). The molecule has 0 bridgehead atoms. The summed E-state index contributed by atoms with van der Waals surface area (Å²) >= 11 is 0. The molecule has 0 spiro atoms. The third kappa shape index (κ3) is 3.92. The number of amides is 1. The van der Waals surface area contributed by atoms with Crippen molar-refractivity contribution in [2.45, 2.75) is 18.7 Å². The van der Waals surface area contributed by atoms with Crippen LogP contribution in [0.5, 0.6) is 5.75 Å². The molecule has 0 fully saturated rings. The van der Waals surface area contributed by atoms with Crippen LogP contribution in [0.1, 0.15) is 12.5 Å². The Morgan fingerprint density at radius 3 is 2.50 bits per heavy atom. The van der Waals surface area contributed by atoms with Crippen molar-refractivity contribution in [2.24, 2.45) is 0 Å². The van der Waals surface area contributed by atoms with Crippen molar-refractivity contribution >= 4 is 21.7 Å². The molecule has 3 rings (SSSR count). The van der Waals surface area contributed by atoms with Crippen molar-refractivity contribution < 1.29 is 17.4 Å².